The van der Waals surface area contributed by atoms with Crippen molar-refractivity contribution >= 4 is 11.8 Å². The molecule has 1 atom stereocenters. The van der Waals surface area contributed by atoms with Gasteiger partial charge in [-0.25, -0.2) is 0 Å². The third-order valence-electron chi connectivity index (χ3n) is 3.99. The summed E-state index contributed by atoms with van der Waals surface area (Å²) < 4.78 is 11.3. The molecular formula is C16H23NO2S. The lowest BCUT2D eigenvalue weighted by Gasteiger charge is -2.34. The highest BCUT2D eigenvalue weighted by atomic mass is 32.2. The van der Waals surface area contributed by atoms with E-state index in [4.69, 9.17) is 9.47 Å². The molecule has 0 radical (unpaired) electrons. The molecule has 0 aromatic heterocycles. The van der Waals surface area contributed by atoms with Crippen LogP contribution in [0.2, 0.25) is 0 Å². The second-order valence-electron chi connectivity index (χ2n) is 5.47. The first-order chi connectivity index (χ1) is 9.92. The molecule has 2 fully saturated rings. The highest BCUT2D eigenvalue weighted by Crippen LogP contribution is 2.25. The fraction of sp³-hybridized carbons (Fsp3) is 0.625. The third-order valence-corrected chi connectivity index (χ3v) is 4.99. The van der Waals surface area contributed by atoms with Crippen LogP contribution in [0.15, 0.2) is 35.2 Å². The Morgan fingerprint density at radius 2 is 1.95 bits per heavy atom. The van der Waals surface area contributed by atoms with Crippen molar-refractivity contribution in [2.45, 2.75) is 24.0 Å². The lowest BCUT2D eigenvalue weighted by Crippen LogP contribution is -2.41. The average molecular weight is 293 g/mol. The van der Waals surface area contributed by atoms with Crippen LogP contribution in [0.4, 0.5) is 0 Å². The quantitative estimate of drug-likeness (QED) is 0.778. The summed E-state index contributed by atoms with van der Waals surface area (Å²) in [5, 5.41) is 0. The molecule has 0 saturated carbocycles. The van der Waals surface area contributed by atoms with E-state index in [1.54, 1.807) is 0 Å². The Hall–Kier alpha value is -0.550. The van der Waals surface area contributed by atoms with Crippen LogP contribution >= 0.6 is 11.8 Å². The fourth-order valence-electron chi connectivity index (χ4n) is 2.97. The van der Waals surface area contributed by atoms with Crippen LogP contribution in [0.5, 0.6) is 0 Å². The Bertz CT molecular complexity index is 395. The van der Waals surface area contributed by atoms with Crippen LogP contribution in [-0.2, 0) is 9.47 Å². The first kappa shape index (κ1) is 14.4. The minimum Gasteiger partial charge on any atom is -0.350 e. The maximum absolute atomic E-state index is 5.66. The number of nitrogens with zero attached hydrogens (tertiary/aromatic N) is 1. The fourth-order valence-corrected chi connectivity index (χ4v) is 3.91. The SMILES string of the molecule is c1ccc(SCCN2CCC[C@@H](C3OCCO3)C2)cc1. The van der Waals surface area contributed by atoms with E-state index in [0.29, 0.717) is 5.92 Å². The van der Waals surface area contributed by atoms with E-state index < -0.39 is 0 Å². The molecule has 2 aliphatic heterocycles. The van der Waals surface area contributed by atoms with E-state index >= 15 is 0 Å². The van der Waals surface area contributed by atoms with Crippen LogP contribution in [0.25, 0.3) is 0 Å². The van der Waals surface area contributed by atoms with Gasteiger partial charge in [-0.05, 0) is 31.5 Å². The predicted octanol–water partition coefficient (Wildman–Crippen LogP) is 2.86. The number of likely N-dealkylation sites (tertiary alicyclic amines) is 1. The van der Waals surface area contributed by atoms with Crippen molar-refractivity contribution in [3.8, 4) is 0 Å². The van der Waals surface area contributed by atoms with Crippen LogP contribution < -0.4 is 0 Å². The van der Waals surface area contributed by atoms with Crippen LogP contribution in [-0.4, -0.2) is 49.8 Å². The average Bonchev–Trinajstić information content (AvgIpc) is 3.03. The minimum absolute atomic E-state index is 0.0552. The van der Waals surface area contributed by atoms with E-state index in [-0.39, 0.29) is 6.29 Å². The molecule has 20 heavy (non-hydrogen) atoms. The zero-order valence-electron chi connectivity index (χ0n) is 11.9. The third kappa shape index (κ3) is 3.98. The second-order valence-corrected chi connectivity index (χ2v) is 6.64. The molecule has 1 aromatic rings. The van der Waals surface area contributed by atoms with Gasteiger partial charge in [-0.1, -0.05) is 18.2 Å². The predicted molar refractivity (Wildman–Crippen MR) is 82.0 cm³/mol. The summed E-state index contributed by atoms with van der Waals surface area (Å²) in [6.07, 6.45) is 2.57. The molecule has 0 unspecified atom stereocenters. The normalized spacial score (nSPS) is 25.1. The number of rotatable bonds is 5. The maximum atomic E-state index is 5.66. The van der Waals surface area contributed by atoms with Crippen molar-refractivity contribution in [3.63, 3.8) is 0 Å². The van der Waals surface area contributed by atoms with Gasteiger partial charge in [0.25, 0.3) is 0 Å². The largest absolute Gasteiger partial charge is 0.350 e. The van der Waals surface area contributed by atoms with Crippen molar-refractivity contribution in [1.82, 2.24) is 4.90 Å². The first-order valence-corrected chi connectivity index (χ1v) is 8.54. The molecule has 4 heteroatoms. The van der Waals surface area contributed by atoms with E-state index in [2.05, 4.69) is 35.2 Å². The standard InChI is InChI=1S/C16H23NO2S/c1-2-6-15(7-3-1)20-12-9-17-8-4-5-14(13-17)16-18-10-11-19-16/h1-3,6-7,14,16H,4-5,8-13H2/t14-/m1/s1. The van der Waals surface area contributed by atoms with Gasteiger partial charge < -0.3 is 14.4 Å². The molecular weight excluding hydrogens is 270 g/mol. The van der Waals surface area contributed by atoms with Crippen molar-refractivity contribution < 1.29 is 9.47 Å². The zero-order chi connectivity index (χ0) is 13.6. The van der Waals surface area contributed by atoms with E-state index in [1.165, 1.54) is 24.3 Å². The molecule has 2 aliphatic rings. The molecule has 0 aliphatic carbocycles. The molecule has 2 saturated heterocycles. The van der Waals surface area contributed by atoms with Gasteiger partial charge in [0, 0.05) is 29.7 Å². The number of thioether (sulfide) groups is 1. The molecule has 0 bridgehead atoms. The number of piperidine rings is 1. The molecule has 3 rings (SSSR count). The van der Waals surface area contributed by atoms with E-state index in [1.807, 2.05) is 11.8 Å². The number of hydrogen-bond donors (Lipinski definition) is 0. The molecule has 3 nitrogen and oxygen atoms in total. The summed E-state index contributed by atoms with van der Waals surface area (Å²) in [7, 11) is 0. The molecule has 0 N–H and O–H groups in total. The van der Waals surface area contributed by atoms with E-state index in [9.17, 15) is 0 Å². The number of hydrogen-bond acceptors (Lipinski definition) is 4. The van der Waals surface area contributed by atoms with Gasteiger partial charge in [0.2, 0.25) is 0 Å². The summed E-state index contributed by atoms with van der Waals surface area (Å²) in [6.45, 7) is 5.04. The topological polar surface area (TPSA) is 21.7 Å². The minimum atomic E-state index is 0.0552. The Balaban J connectivity index is 1.41. The van der Waals surface area contributed by atoms with Crippen molar-refractivity contribution in [1.29, 1.82) is 0 Å². The second kappa shape index (κ2) is 7.46. The summed E-state index contributed by atoms with van der Waals surface area (Å²) in [5.74, 6) is 1.72. The summed E-state index contributed by atoms with van der Waals surface area (Å²) in [5.41, 5.74) is 0. The summed E-state index contributed by atoms with van der Waals surface area (Å²) in [4.78, 5) is 3.93. The van der Waals surface area contributed by atoms with Gasteiger partial charge in [-0.2, -0.15) is 0 Å². The molecule has 110 valence electrons. The monoisotopic (exact) mass is 293 g/mol. The number of ether oxygens (including phenoxy) is 2. The Kier molecular flexibility index (Phi) is 5.36. The van der Waals surface area contributed by atoms with Crippen LogP contribution in [0, 0.1) is 5.92 Å². The lowest BCUT2D eigenvalue weighted by molar-refractivity contribution is -0.0995. The van der Waals surface area contributed by atoms with E-state index in [0.717, 1.165) is 32.1 Å². The van der Waals surface area contributed by atoms with Crippen LogP contribution in [0.3, 0.4) is 0 Å². The van der Waals surface area contributed by atoms with Gasteiger partial charge >= 0.3 is 0 Å². The van der Waals surface area contributed by atoms with Gasteiger partial charge in [0.05, 0.1) is 13.2 Å². The van der Waals surface area contributed by atoms with Crippen molar-refractivity contribution in [2.75, 3.05) is 38.6 Å². The Labute approximate surface area is 125 Å². The first-order valence-electron chi connectivity index (χ1n) is 7.55. The van der Waals surface area contributed by atoms with Crippen LogP contribution in [0.1, 0.15) is 12.8 Å². The van der Waals surface area contributed by atoms with Gasteiger partial charge in [0.1, 0.15) is 0 Å². The van der Waals surface area contributed by atoms with Crippen molar-refractivity contribution in [3.05, 3.63) is 30.3 Å². The highest BCUT2D eigenvalue weighted by molar-refractivity contribution is 7.99. The molecule has 0 spiro atoms. The molecule has 1 aromatic carbocycles. The van der Waals surface area contributed by atoms with Gasteiger partial charge in [-0.15, -0.1) is 11.8 Å². The summed E-state index contributed by atoms with van der Waals surface area (Å²) in [6, 6.07) is 10.6. The van der Waals surface area contributed by atoms with Crippen molar-refractivity contribution in [2.24, 2.45) is 5.92 Å². The lowest BCUT2D eigenvalue weighted by atomic mass is 9.97. The zero-order valence-corrected chi connectivity index (χ0v) is 12.7. The maximum Gasteiger partial charge on any atom is 0.161 e. The van der Waals surface area contributed by atoms with Gasteiger partial charge in [-0.3, -0.25) is 0 Å². The number of benzene rings is 1. The Morgan fingerprint density at radius 1 is 1.15 bits per heavy atom. The molecule has 2 heterocycles. The highest BCUT2D eigenvalue weighted by Gasteiger charge is 2.30. The molecule has 0 amide bonds. The Morgan fingerprint density at radius 3 is 2.75 bits per heavy atom. The smallest absolute Gasteiger partial charge is 0.161 e. The van der Waals surface area contributed by atoms with Gasteiger partial charge in [0.15, 0.2) is 6.29 Å². The summed E-state index contributed by atoms with van der Waals surface area (Å²) >= 11 is 1.94.